The van der Waals surface area contributed by atoms with Crippen molar-refractivity contribution in [3.05, 3.63) is 35.4 Å². The zero-order valence-electron chi connectivity index (χ0n) is 9.39. The number of hydrogen-bond acceptors (Lipinski definition) is 3. The van der Waals surface area contributed by atoms with Gasteiger partial charge in [0.1, 0.15) is 0 Å². The van der Waals surface area contributed by atoms with Crippen molar-refractivity contribution >= 4 is 5.91 Å². The van der Waals surface area contributed by atoms with Crippen LogP contribution in [-0.2, 0) is 0 Å². The lowest BCUT2D eigenvalue weighted by atomic mass is 9.82. The first kappa shape index (κ1) is 11.6. The van der Waals surface area contributed by atoms with E-state index in [-0.39, 0.29) is 12.0 Å². The summed E-state index contributed by atoms with van der Waals surface area (Å²) >= 11 is 0. The van der Waals surface area contributed by atoms with Gasteiger partial charge in [-0.25, -0.2) is 0 Å². The lowest BCUT2D eigenvalue weighted by molar-refractivity contribution is 0.0420. The van der Waals surface area contributed by atoms with E-state index in [2.05, 4.69) is 5.32 Å². The topological polar surface area (TPSA) is 73.1 Å². The summed E-state index contributed by atoms with van der Waals surface area (Å²) in [5.41, 5.74) is 0.987. The Morgan fingerprint density at radius 2 is 2.29 bits per heavy atom. The molecule has 2 rings (SSSR count). The highest BCUT2D eigenvalue weighted by Crippen LogP contribution is 2.26. The number of hydrogen-bond donors (Lipinski definition) is 2. The van der Waals surface area contributed by atoms with Crippen LogP contribution >= 0.6 is 0 Å². The van der Waals surface area contributed by atoms with Crippen molar-refractivity contribution in [1.29, 1.82) is 5.26 Å². The number of nitrogens with zero attached hydrogens (tertiary/aromatic N) is 1. The Bertz CT molecular complexity index is 459. The zero-order valence-corrected chi connectivity index (χ0v) is 9.39. The number of carbonyl (C=O) groups excluding carboxylic acids is 1. The minimum absolute atomic E-state index is 0.163. The fraction of sp³-hybridized carbons (Fsp3) is 0.385. The molecule has 1 aromatic carbocycles. The average molecular weight is 230 g/mol. The number of aliphatic hydroxyl groups excluding tert-OH is 1. The van der Waals surface area contributed by atoms with Crippen LogP contribution in [0.5, 0.6) is 0 Å². The number of carbonyl (C=O) groups is 1. The second-order valence-electron chi connectivity index (χ2n) is 4.39. The fourth-order valence-corrected chi connectivity index (χ4v) is 1.94. The standard InChI is InChI=1S/C13H14N2O2/c14-7-9-2-1-3-11(4-9)13(17)15-8-10-5-12(16)6-10/h1-4,10,12,16H,5-6,8H2,(H,15,17). The van der Waals surface area contributed by atoms with Gasteiger partial charge < -0.3 is 10.4 Å². The molecule has 0 spiro atoms. The maximum atomic E-state index is 11.8. The molecule has 0 atom stereocenters. The molecule has 4 nitrogen and oxygen atoms in total. The van der Waals surface area contributed by atoms with E-state index in [0.29, 0.717) is 23.6 Å². The van der Waals surface area contributed by atoms with Crippen LogP contribution in [0.4, 0.5) is 0 Å². The van der Waals surface area contributed by atoms with E-state index in [0.717, 1.165) is 12.8 Å². The molecule has 1 fully saturated rings. The van der Waals surface area contributed by atoms with Gasteiger partial charge in [0.2, 0.25) is 0 Å². The summed E-state index contributed by atoms with van der Waals surface area (Å²) < 4.78 is 0. The van der Waals surface area contributed by atoms with Gasteiger partial charge in [-0.2, -0.15) is 5.26 Å². The predicted octanol–water partition coefficient (Wildman–Crippen LogP) is 1.06. The first-order valence-corrected chi connectivity index (χ1v) is 5.65. The lowest BCUT2D eigenvalue weighted by Crippen LogP contribution is -2.38. The van der Waals surface area contributed by atoms with Crippen molar-refractivity contribution in [1.82, 2.24) is 5.32 Å². The van der Waals surface area contributed by atoms with E-state index in [4.69, 9.17) is 10.4 Å². The first-order valence-electron chi connectivity index (χ1n) is 5.65. The van der Waals surface area contributed by atoms with Crippen LogP contribution in [0, 0.1) is 17.2 Å². The molecule has 4 heteroatoms. The molecule has 88 valence electrons. The van der Waals surface area contributed by atoms with Gasteiger partial charge in [-0.05, 0) is 37.0 Å². The molecule has 0 aromatic heterocycles. The van der Waals surface area contributed by atoms with Gasteiger partial charge in [0.25, 0.3) is 5.91 Å². The Balaban J connectivity index is 1.89. The maximum Gasteiger partial charge on any atom is 0.251 e. The Morgan fingerprint density at radius 3 is 2.94 bits per heavy atom. The van der Waals surface area contributed by atoms with Crippen LogP contribution in [0.1, 0.15) is 28.8 Å². The number of benzene rings is 1. The van der Waals surface area contributed by atoms with Gasteiger partial charge in [0.05, 0.1) is 17.7 Å². The van der Waals surface area contributed by atoms with Gasteiger partial charge in [-0.3, -0.25) is 4.79 Å². The molecule has 1 aliphatic carbocycles. The van der Waals surface area contributed by atoms with Crippen LogP contribution in [-0.4, -0.2) is 23.7 Å². The minimum atomic E-state index is -0.196. The summed E-state index contributed by atoms with van der Waals surface area (Å²) in [6.07, 6.45) is 1.33. The van der Waals surface area contributed by atoms with Crippen molar-refractivity contribution in [3.63, 3.8) is 0 Å². The van der Waals surface area contributed by atoms with E-state index in [9.17, 15) is 4.79 Å². The third kappa shape index (κ3) is 2.83. The van der Waals surface area contributed by atoms with Gasteiger partial charge >= 0.3 is 0 Å². The number of nitrogens with one attached hydrogen (secondary N) is 1. The Morgan fingerprint density at radius 1 is 1.53 bits per heavy atom. The molecule has 1 amide bonds. The number of aliphatic hydroxyl groups is 1. The van der Waals surface area contributed by atoms with Crippen molar-refractivity contribution in [2.24, 2.45) is 5.92 Å². The molecule has 1 aliphatic rings. The van der Waals surface area contributed by atoms with Crippen LogP contribution in [0.3, 0.4) is 0 Å². The smallest absolute Gasteiger partial charge is 0.251 e. The van der Waals surface area contributed by atoms with Crippen LogP contribution in [0.15, 0.2) is 24.3 Å². The third-order valence-corrected chi connectivity index (χ3v) is 3.02. The number of nitriles is 1. The molecule has 2 N–H and O–H groups in total. The summed E-state index contributed by atoms with van der Waals surface area (Å²) in [4.78, 5) is 11.8. The SMILES string of the molecule is N#Cc1cccc(C(=O)NCC2CC(O)C2)c1. The van der Waals surface area contributed by atoms with Crippen molar-refractivity contribution < 1.29 is 9.90 Å². The summed E-state index contributed by atoms with van der Waals surface area (Å²) in [7, 11) is 0. The minimum Gasteiger partial charge on any atom is -0.393 e. The Hall–Kier alpha value is -1.86. The van der Waals surface area contributed by atoms with Gasteiger partial charge in [0.15, 0.2) is 0 Å². The molecule has 0 bridgehead atoms. The van der Waals surface area contributed by atoms with Gasteiger partial charge in [-0.15, -0.1) is 0 Å². The first-order chi connectivity index (χ1) is 8.19. The maximum absolute atomic E-state index is 11.8. The van der Waals surface area contributed by atoms with Crippen LogP contribution in [0.25, 0.3) is 0 Å². The molecular weight excluding hydrogens is 216 g/mol. The summed E-state index contributed by atoms with van der Waals surface area (Å²) in [6.45, 7) is 0.590. The Kier molecular flexibility index (Phi) is 3.40. The highest BCUT2D eigenvalue weighted by Gasteiger charge is 2.27. The number of amides is 1. The normalized spacial score (nSPS) is 22.4. The Labute approximate surface area is 99.9 Å². The second kappa shape index (κ2) is 4.98. The molecule has 0 saturated heterocycles. The molecule has 0 radical (unpaired) electrons. The summed E-state index contributed by atoms with van der Waals surface area (Å²) in [6, 6.07) is 8.62. The van der Waals surface area contributed by atoms with E-state index in [1.54, 1.807) is 24.3 Å². The highest BCUT2D eigenvalue weighted by molar-refractivity contribution is 5.94. The van der Waals surface area contributed by atoms with Crippen LogP contribution in [0.2, 0.25) is 0 Å². The molecule has 1 aromatic rings. The van der Waals surface area contributed by atoms with Crippen molar-refractivity contribution in [2.45, 2.75) is 18.9 Å². The van der Waals surface area contributed by atoms with Crippen molar-refractivity contribution in [3.8, 4) is 6.07 Å². The second-order valence-corrected chi connectivity index (χ2v) is 4.39. The van der Waals surface area contributed by atoms with E-state index in [1.165, 1.54) is 0 Å². The van der Waals surface area contributed by atoms with E-state index < -0.39 is 0 Å². The quantitative estimate of drug-likeness (QED) is 0.815. The predicted molar refractivity (Wildman–Crippen MR) is 62.2 cm³/mol. The van der Waals surface area contributed by atoms with Gasteiger partial charge in [0, 0.05) is 12.1 Å². The zero-order chi connectivity index (χ0) is 12.3. The lowest BCUT2D eigenvalue weighted by Gasteiger charge is -2.31. The molecule has 0 heterocycles. The highest BCUT2D eigenvalue weighted by atomic mass is 16.3. The summed E-state index contributed by atoms with van der Waals surface area (Å²) in [5, 5.41) is 20.7. The van der Waals surface area contributed by atoms with E-state index >= 15 is 0 Å². The van der Waals surface area contributed by atoms with Gasteiger partial charge in [-0.1, -0.05) is 6.07 Å². The molecule has 1 saturated carbocycles. The fourth-order valence-electron chi connectivity index (χ4n) is 1.94. The molecule has 17 heavy (non-hydrogen) atoms. The van der Waals surface area contributed by atoms with E-state index in [1.807, 2.05) is 6.07 Å². The molecular formula is C13H14N2O2. The summed E-state index contributed by atoms with van der Waals surface area (Å²) in [5.74, 6) is 0.219. The van der Waals surface area contributed by atoms with Crippen molar-refractivity contribution in [2.75, 3.05) is 6.54 Å². The largest absolute Gasteiger partial charge is 0.393 e. The molecule has 0 aliphatic heterocycles. The molecule has 0 unspecified atom stereocenters. The van der Waals surface area contributed by atoms with Crippen LogP contribution < -0.4 is 5.32 Å². The number of rotatable bonds is 3. The monoisotopic (exact) mass is 230 g/mol. The average Bonchev–Trinajstić information content (AvgIpc) is 2.33. The third-order valence-electron chi connectivity index (χ3n) is 3.02.